The number of rotatable bonds is 7. The predicted octanol–water partition coefficient (Wildman–Crippen LogP) is 3.72. The minimum absolute atomic E-state index is 0.177. The molecule has 1 saturated heterocycles. The molecule has 2 N–H and O–H groups in total. The largest absolute Gasteiger partial charge is 0.375 e. The molecule has 2 fully saturated rings. The van der Waals surface area contributed by atoms with Crippen molar-refractivity contribution in [1.82, 2.24) is 10.2 Å². The third kappa shape index (κ3) is 4.07. The first-order valence-electron chi connectivity index (χ1n) is 11.7. The molecule has 2 aromatic rings. The van der Waals surface area contributed by atoms with E-state index < -0.39 is 5.60 Å². The fourth-order valence-electron chi connectivity index (χ4n) is 5.72. The summed E-state index contributed by atoms with van der Waals surface area (Å²) >= 11 is 0. The zero-order valence-corrected chi connectivity index (χ0v) is 18.0. The highest BCUT2D eigenvalue weighted by atomic mass is 16.3. The summed E-state index contributed by atoms with van der Waals surface area (Å²) in [6, 6.07) is 20.1. The predicted molar refractivity (Wildman–Crippen MR) is 122 cm³/mol. The number of hydrogen-bond donors (Lipinski definition) is 2. The Labute approximate surface area is 185 Å². The molecule has 162 valence electrons. The number of nitrogens with zero attached hydrogens (tertiary/aromatic N) is 1. The van der Waals surface area contributed by atoms with Gasteiger partial charge in [0.1, 0.15) is 0 Å². The summed E-state index contributed by atoms with van der Waals surface area (Å²) in [5, 5.41) is 14.8. The van der Waals surface area contributed by atoms with Gasteiger partial charge >= 0.3 is 0 Å². The second-order valence-electron chi connectivity index (χ2n) is 9.48. The van der Waals surface area contributed by atoms with Crippen LogP contribution in [-0.2, 0) is 16.9 Å². The molecule has 3 unspecified atom stereocenters. The van der Waals surface area contributed by atoms with Gasteiger partial charge in [-0.3, -0.25) is 9.69 Å². The molecule has 0 radical (unpaired) electrons. The summed E-state index contributed by atoms with van der Waals surface area (Å²) in [7, 11) is 0. The van der Waals surface area contributed by atoms with Crippen LogP contribution in [0.3, 0.4) is 0 Å². The van der Waals surface area contributed by atoms with E-state index in [1.54, 1.807) is 0 Å². The molecule has 0 spiro atoms. The maximum absolute atomic E-state index is 13.3. The van der Waals surface area contributed by atoms with Crippen molar-refractivity contribution in [2.24, 2.45) is 23.7 Å². The Hall–Kier alpha value is -2.43. The number of nitrogens with one attached hydrogen (secondary N) is 1. The number of benzene rings is 2. The molecule has 3 aliphatic rings. The fraction of sp³-hybridized carbons (Fsp3) is 0.444. The molecular weight excluding hydrogens is 384 g/mol. The van der Waals surface area contributed by atoms with E-state index in [4.69, 9.17) is 0 Å². The molecule has 31 heavy (non-hydrogen) atoms. The van der Waals surface area contributed by atoms with Crippen molar-refractivity contribution >= 4 is 5.91 Å². The van der Waals surface area contributed by atoms with Crippen LogP contribution in [0.2, 0.25) is 0 Å². The first kappa shape index (κ1) is 20.5. The normalized spacial score (nSPS) is 29.2. The Morgan fingerprint density at radius 2 is 1.71 bits per heavy atom. The lowest BCUT2D eigenvalue weighted by molar-refractivity contribution is -0.146. The third-order valence-corrected chi connectivity index (χ3v) is 7.55. The second-order valence-corrected chi connectivity index (χ2v) is 9.48. The van der Waals surface area contributed by atoms with E-state index in [-0.39, 0.29) is 11.8 Å². The van der Waals surface area contributed by atoms with Crippen molar-refractivity contribution in [2.45, 2.75) is 31.4 Å². The minimum atomic E-state index is -1.50. The van der Waals surface area contributed by atoms with Gasteiger partial charge in [-0.1, -0.05) is 72.8 Å². The lowest BCUT2D eigenvalue weighted by Gasteiger charge is -2.35. The van der Waals surface area contributed by atoms with Gasteiger partial charge in [0.05, 0.1) is 0 Å². The van der Waals surface area contributed by atoms with Gasteiger partial charge < -0.3 is 10.4 Å². The SMILES string of the molecule is O=C(NCC1C2CN(Cc3ccccc3)CC12)[C@@](O)(c1ccccc1)C1C=CCCC1. The van der Waals surface area contributed by atoms with Crippen LogP contribution < -0.4 is 5.32 Å². The third-order valence-electron chi connectivity index (χ3n) is 7.55. The van der Waals surface area contributed by atoms with E-state index in [2.05, 4.69) is 46.6 Å². The monoisotopic (exact) mass is 416 g/mol. The number of likely N-dealkylation sites (tertiary alicyclic amines) is 1. The van der Waals surface area contributed by atoms with E-state index in [1.165, 1.54) is 5.56 Å². The summed E-state index contributed by atoms with van der Waals surface area (Å²) in [5.41, 5.74) is 0.554. The number of carbonyl (C=O) groups is 1. The van der Waals surface area contributed by atoms with Crippen molar-refractivity contribution in [2.75, 3.05) is 19.6 Å². The molecule has 0 aromatic heterocycles. The van der Waals surface area contributed by atoms with Gasteiger partial charge in [-0.05, 0) is 48.1 Å². The minimum Gasteiger partial charge on any atom is -0.375 e. The summed E-state index contributed by atoms with van der Waals surface area (Å²) in [4.78, 5) is 15.8. The molecule has 2 aliphatic carbocycles. The molecule has 1 aliphatic heterocycles. The van der Waals surface area contributed by atoms with Crippen LogP contribution in [0.25, 0.3) is 0 Å². The number of piperidine rings is 1. The van der Waals surface area contributed by atoms with Gasteiger partial charge in [0.2, 0.25) is 0 Å². The summed E-state index contributed by atoms with van der Waals surface area (Å²) < 4.78 is 0. The maximum Gasteiger partial charge on any atom is 0.257 e. The zero-order valence-electron chi connectivity index (χ0n) is 18.0. The second kappa shape index (κ2) is 8.60. The van der Waals surface area contributed by atoms with Crippen LogP contribution in [-0.4, -0.2) is 35.5 Å². The van der Waals surface area contributed by atoms with Gasteiger partial charge in [-0.25, -0.2) is 0 Å². The molecule has 4 nitrogen and oxygen atoms in total. The standard InChI is InChI=1S/C27H32N2O2/c30-26(27(31,21-12-6-2-7-13-21)22-14-8-3-9-15-22)28-16-23-24-18-29(19-25(23)24)17-20-10-4-1-5-11-20/h1-2,4-8,10-14,22-25,31H,3,9,15-19H2,(H,28,30)/t22?,23?,24?,25?,27-/m1/s1. The van der Waals surface area contributed by atoms with Crippen LogP contribution in [0.4, 0.5) is 0 Å². The Morgan fingerprint density at radius 1 is 1.03 bits per heavy atom. The fourth-order valence-corrected chi connectivity index (χ4v) is 5.72. The average Bonchev–Trinajstić information content (AvgIpc) is 3.29. The lowest BCUT2D eigenvalue weighted by Crippen LogP contribution is -2.50. The highest BCUT2D eigenvalue weighted by molar-refractivity contribution is 5.87. The number of fused-ring (bicyclic) bond motifs is 1. The van der Waals surface area contributed by atoms with E-state index in [0.717, 1.165) is 38.9 Å². The molecule has 4 atom stereocenters. The Morgan fingerprint density at radius 3 is 2.35 bits per heavy atom. The zero-order chi connectivity index (χ0) is 21.3. The maximum atomic E-state index is 13.3. The van der Waals surface area contributed by atoms with E-state index >= 15 is 0 Å². The quantitative estimate of drug-likeness (QED) is 0.677. The van der Waals surface area contributed by atoms with Crippen molar-refractivity contribution in [3.8, 4) is 0 Å². The number of carbonyl (C=O) groups excluding carboxylic acids is 1. The van der Waals surface area contributed by atoms with E-state index in [1.807, 2.05) is 36.4 Å². The molecule has 1 amide bonds. The molecule has 1 heterocycles. The van der Waals surface area contributed by atoms with Crippen LogP contribution in [0, 0.1) is 23.7 Å². The van der Waals surface area contributed by atoms with Crippen molar-refractivity contribution in [1.29, 1.82) is 0 Å². The van der Waals surface area contributed by atoms with E-state index in [0.29, 0.717) is 29.9 Å². The number of aliphatic hydroxyl groups is 1. The van der Waals surface area contributed by atoms with Crippen LogP contribution >= 0.6 is 0 Å². The van der Waals surface area contributed by atoms with Gasteiger partial charge in [0.25, 0.3) is 5.91 Å². The highest BCUT2D eigenvalue weighted by Gasteiger charge is 2.55. The molecule has 1 saturated carbocycles. The van der Waals surface area contributed by atoms with Gasteiger partial charge in [0, 0.05) is 32.1 Å². The molecule has 4 heteroatoms. The molecule has 2 aromatic carbocycles. The van der Waals surface area contributed by atoms with Crippen LogP contribution in [0.1, 0.15) is 30.4 Å². The Bertz CT molecular complexity index is 917. The first-order valence-corrected chi connectivity index (χ1v) is 11.7. The number of allylic oxidation sites excluding steroid dienone is 1. The lowest BCUT2D eigenvalue weighted by atomic mass is 9.75. The average molecular weight is 417 g/mol. The summed E-state index contributed by atoms with van der Waals surface area (Å²) in [6.45, 7) is 3.89. The topological polar surface area (TPSA) is 52.6 Å². The first-order chi connectivity index (χ1) is 15.2. The Kier molecular flexibility index (Phi) is 5.68. The molecular formula is C27H32N2O2. The summed E-state index contributed by atoms with van der Waals surface area (Å²) in [5.74, 6) is 1.45. The number of hydrogen-bond acceptors (Lipinski definition) is 3. The van der Waals surface area contributed by atoms with E-state index in [9.17, 15) is 9.90 Å². The molecule has 0 bridgehead atoms. The van der Waals surface area contributed by atoms with Crippen LogP contribution in [0.15, 0.2) is 72.8 Å². The number of amides is 1. The van der Waals surface area contributed by atoms with Gasteiger partial charge in [0.15, 0.2) is 5.60 Å². The smallest absolute Gasteiger partial charge is 0.257 e. The Balaban J connectivity index is 1.19. The summed E-state index contributed by atoms with van der Waals surface area (Å²) in [6.07, 6.45) is 6.99. The molecule has 5 rings (SSSR count). The highest BCUT2D eigenvalue weighted by Crippen LogP contribution is 2.51. The van der Waals surface area contributed by atoms with Gasteiger partial charge in [-0.15, -0.1) is 0 Å². The van der Waals surface area contributed by atoms with Crippen molar-refractivity contribution in [3.63, 3.8) is 0 Å². The van der Waals surface area contributed by atoms with Crippen LogP contribution in [0.5, 0.6) is 0 Å². The van der Waals surface area contributed by atoms with Crippen molar-refractivity contribution < 1.29 is 9.90 Å². The van der Waals surface area contributed by atoms with Gasteiger partial charge in [-0.2, -0.15) is 0 Å². The van der Waals surface area contributed by atoms with Crippen molar-refractivity contribution in [3.05, 3.63) is 83.9 Å².